The Morgan fingerprint density at radius 3 is 2.64 bits per heavy atom. The van der Waals surface area contributed by atoms with E-state index in [2.05, 4.69) is 6.58 Å². The molecule has 60 valence electrons. The minimum Gasteiger partial charge on any atom is -0.454 e. The summed E-state index contributed by atoms with van der Waals surface area (Å²) in [5.74, 6) is -0.186. The van der Waals surface area contributed by atoms with Crippen LogP contribution in [-0.4, -0.2) is 12.1 Å². The van der Waals surface area contributed by atoms with Crippen LogP contribution < -0.4 is 0 Å². The molecule has 0 radical (unpaired) electrons. The van der Waals surface area contributed by atoms with Crippen LogP contribution >= 0.6 is 0 Å². The molecule has 2 heteroatoms. The second-order valence-electron chi connectivity index (χ2n) is 2.73. The third kappa shape index (κ3) is 1.34. The molecule has 0 saturated carbocycles. The van der Waals surface area contributed by atoms with E-state index in [1.54, 1.807) is 13.0 Å². The summed E-state index contributed by atoms with van der Waals surface area (Å²) in [6, 6.07) is 0. The van der Waals surface area contributed by atoms with Crippen molar-refractivity contribution < 1.29 is 9.53 Å². The first-order valence-electron chi connectivity index (χ1n) is 3.66. The van der Waals surface area contributed by atoms with Crippen molar-refractivity contribution in [3.05, 3.63) is 23.8 Å². The minimum atomic E-state index is -0.186. The quantitative estimate of drug-likeness (QED) is 0.445. The van der Waals surface area contributed by atoms with Crippen LogP contribution in [0.4, 0.5) is 0 Å². The molecule has 1 aliphatic rings. The molecular formula is C9H12O2. The Balaban J connectivity index is 2.76. The van der Waals surface area contributed by atoms with Gasteiger partial charge in [-0.25, -0.2) is 4.79 Å². The molecule has 1 heterocycles. The third-order valence-corrected chi connectivity index (χ3v) is 2.01. The van der Waals surface area contributed by atoms with Crippen molar-refractivity contribution in [1.82, 2.24) is 0 Å². The number of esters is 1. The van der Waals surface area contributed by atoms with Crippen LogP contribution in [0.5, 0.6) is 0 Å². The largest absolute Gasteiger partial charge is 0.454 e. The maximum Gasteiger partial charge on any atom is 0.334 e. The standard InChI is InChI=1S/C9H12O2/c1-4-5-8-6(2)7(3)9(10)11-8/h4,8H,1,5H2,2-3H3. The summed E-state index contributed by atoms with van der Waals surface area (Å²) in [6.07, 6.45) is 2.43. The lowest BCUT2D eigenvalue weighted by atomic mass is 10.1. The van der Waals surface area contributed by atoms with Crippen LogP contribution in [0.25, 0.3) is 0 Å². The zero-order chi connectivity index (χ0) is 8.43. The first kappa shape index (κ1) is 8.05. The molecule has 0 N–H and O–H groups in total. The van der Waals surface area contributed by atoms with Gasteiger partial charge < -0.3 is 4.74 Å². The van der Waals surface area contributed by atoms with Gasteiger partial charge in [0.25, 0.3) is 0 Å². The van der Waals surface area contributed by atoms with Gasteiger partial charge in [-0.3, -0.25) is 0 Å². The summed E-state index contributed by atoms with van der Waals surface area (Å²) < 4.78 is 5.04. The molecule has 0 aromatic heterocycles. The molecule has 0 amide bonds. The number of carbonyl (C=O) groups excluding carboxylic acids is 1. The lowest BCUT2D eigenvalue weighted by molar-refractivity contribution is -0.139. The summed E-state index contributed by atoms with van der Waals surface area (Å²) in [6.45, 7) is 7.31. The number of hydrogen-bond acceptors (Lipinski definition) is 2. The maximum atomic E-state index is 11.0. The summed E-state index contributed by atoms with van der Waals surface area (Å²) in [5.41, 5.74) is 1.78. The van der Waals surface area contributed by atoms with Crippen molar-refractivity contribution in [2.45, 2.75) is 26.4 Å². The minimum absolute atomic E-state index is 0.0556. The van der Waals surface area contributed by atoms with Gasteiger partial charge in [-0.05, 0) is 19.4 Å². The predicted molar refractivity (Wildman–Crippen MR) is 43.1 cm³/mol. The summed E-state index contributed by atoms with van der Waals surface area (Å²) in [5, 5.41) is 0. The van der Waals surface area contributed by atoms with Gasteiger partial charge in [0.2, 0.25) is 0 Å². The van der Waals surface area contributed by atoms with Gasteiger partial charge >= 0.3 is 5.97 Å². The molecule has 0 fully saturated rings. The molecule has 0 aliphatic carbocycles. The van der Waals surface area contributed by atoms with E-state index in [1.165, 1.54) is 0 Å². The number of hydrogen-bond donors (Lipinski definition) is 0. The van der Waals surface area contributed by atoms with Gasteiger partial charge in [-0.15, -0.1) is 6.58 Å². The smallest absolute Gasteiger partial charge is 0.334 e. The second-order valence-corrected chi connectivity index (χ2v) is 2.73. The van der Waals surface area contributed by atoms with Crippen LogP contribution in [0, 0.1) is 0 Å². The van der Waals surface area contributed by atoms with Gasteiger partial charge in [-0.1, -0.05) is 6.08 Å². The van der Waals surface area contributed by atoms with Crippen molar-refractivity contribution in [2.75, 3.05) is 0 Å². The van der Waals surface area contributed by atoms with Gasteiger partial charge in [0, 0.05) is 12.0 Å². The van der Waals surface area contributed by atoms with Crippen molar-refractivity contribution in [1.29, 1.82) is 0 Å². The molecule has 1 aliphatic heterocycles. The summed E-state index contributed by atoms with van der Waals surface area (Å²) >= 11 is 0. The van der Waals surface area contributed by atoms with Crippen molar-refractivity contribution in [2.24, 2.45) is 0 Å². The lowest BCUT2D eigenvalue weighted by Gasteiger charge is -2.07. The molecule has 0 aromatic carbocycles. The van der Waals surface area contributed by atoms with Crippen LogP contribution in [0.1, 0.15) is 20.3 Å². The molecule has 1 unspecified atom stereocenters. The zero-order valence-corrected chi connectivity index (χ0v) is 6.89. The van der Waals surface area contributed by atoms with Crippen LogP contribution in [0.15, 0.2) is 23.8 Å². The molecule has 1 atom stereocenters. The van der Waals surface area contributed by atoms with Crippen molar-refractivity contribution in [3.63, 3.8) is 0 Å². The SMILES string of the molecule is C=CCC1OC(=O)C(C)=C1C. The second kappa shape index (κ2) is 2.91. The molecule has 11 heavy (non-hydrogen) atoms. The Kier molecular flexibility index (Phi) is 2.13. The lowest BCUT2D eigenvalue weighted by Crippen LogP contribution is -2.08. The van der Waals surface area contributed by atoms with Crippen molar-refractivity contribution in [3.8, 4) is 0 Å². The van der Waals surface area contributed by atoms with E-state index >= 15 is 0 Å². The Hall–Kier alpha value is -1.05. The van der Waals surface area contributed by atoms with Gasteiger partial charge in [-0.2, -0.15) is 0 Å². The van der Waals surface area contributed by atoms with Gasteiger partial charge in [0.05, 0.1) is 0 Å². The average molecular weight is 152 g/mol. The van der Waals surface area contributed by atoms with E-state index in [4.69, 9.17) is 4.74 Å². The molecule has 0 aromatic rings. The molecule has 0 bridgehead atoms. The fourth-order valence-corrected chi connectivity index (χ4v) is 1.08. The van der Waals surface area contributed by atoms with Gasteiger partial charge in [0.1, 0.15) is 6.10 Å². The highest BCUT2D eigenvalue weighted by Gasteiger charge is 2.26. The molecule has 2 nitrogen and oxygen atoms in total. The Morgan fingerprint density at radius 2 is 2.27 bits per heavy atom. The van der Waals surface area contributed by atoms with Crippen molar-refractivity contribution >= 4 is 5.97 Å². The summed E-state index contributed by atoms with van der Waals surface area (Å²) in [7, 11) is 0. The van der Waals surface area contributed by atoms with E-state index in [-0.39, 0.29) is 12.1 Å². The first-order valence-corrected chi connectivity index (χ1v) is 3.66. The highest BCUT2D eigenvalue weighted by Crippen LogP contribution is 2.23. The topological polar surface area (TPSA) is 26.3 Å². The van der Waals surface area contributed by atoms with E-state index in [0.29, 0.717) is 0 Å². The third-order valence-electron chi connectivity index (χ3n) is 2.01. The highest BCUT2D eigenvalue weighted by molar-refractivity contribution is 5.91. The van der Waals surface area contributed by atoms with E-state index in [0.717, 1.165) is 17.6 Å². The predicted octanol–water partition coefficient (Wildman–Crippen LogP) is 1.82. The maximum absolute atomic E-state index is 11.0. The van der Waals surface area contributed by atoms with Crippen LogP contribution in [0.2, 0.25) is 0 Å². The first-order chi connectivity index (χ1) is 5.16. The monoisotopic (exact) mass is 152 g/mol. The summed E-state index contributed by atoms with van der Waals surface area (Å²) in [4.78, 5) is 11.0. The zero-order valence-electron chi connectivity index (χ0n) is 6.89. The molecule has 0 saturated heterocycles. The Morgan fingerprint density at radius 1 is 1.64 bits per heavy atom. The van der Waals surface area contributed by atoms with E-state index in [1.807, 2.05) is 6.92 Å². The number of carbonyl (C=O) groups is 1. The van der Waals surface area contributed by atoms with Crippen LogP contribution in [0.3, 0.4) is 0 Å². The Labute approximate surface area is 66.5 Å². The number of cyclic esters (lactones) is 1. The normalized spacial score (nSPS) is 23.8. The molecular weight excluding hydrogens is 140 g/mol. The fraction of sp³-hybridized carbons (Fsp3) is 0.444. The number of ether oxygens (including phenoxy) is 1. The van der Waals surface area contributed by atoms with Gasteiger partial charge in [0.15, 0.2) is 0 Å². The Bertz CT molecular complexity index is 226. The highest BCUT2D eigenvalue weighted by atomic mass is 16.5. The van der Waals surface area contributed by atoms with E-state index < -0.39 is 0 Å². The van der Waals surface area contributed by atoms with Crippen LogP contribution in [-0.2, 0) is 9.53 Å². The average Bonchev–Trinajstić information content (AvgIpc) is 2.19. The fourth-order valence-electron chi connectivity index (χ4n) is 1.08. The molecule has 0 spiro atoms. The molecule has 1 rings (SSSR count). The van der Waals surface area contributed by atoms with E-state index in [9.17, 15) is 4.79 Å². The number of rotatable bonds is 2.